The molecule has 0 saturated carbocycles. The summed E-state index contributed by atoms with van der Waals surface area (Å²) in [4.78, 5) is 6.48. The average molecular weight is 355 g/mol. The van der Waals surface area contributed by atoms with Crippen LogP contribution in [0.2, 0.25) is 0 Å². The first-order valence-electron chi connectivity index (χ1n) is 8.76. The molecule has 5 heteroatoms. The Balaban J connectivity index is 1.96. The van der Waals surface area contributed by atoms with Crippen LogP contribution in [-0.2, 0) is 13.0 Å². The van der Waals surface area contributed by atoms with Gasteiger partial charge in [0.2, 0.25) is 0 Å². The van der Waals surface area contributed by atoms with Gasteiger partial charge in [0.15, 0.2) is 5.96 Å². The second-order valence-electron chi connectivity index (χ2n) is 6.21. The second kappa shape index (κ2) is 9.70. The maximum atomic E-state index is 5.45. The lowest BCUT2D eigenvalue weighted by Gasteiger charge is -2.23. The predicted molar refractivity (Wildman–Crippen MR) is 107 cm³/mol. The zero-order chi connectivity index (χ0) is 18.9. The van der Waals surface area contributed by atoms with Crippen molar-refractivity contribution in [1.29, 1.82) is 0 Å². The maximum Gasteiger partial charge on any atom is 0.193 e. The zero-order valence-electron chi connectivity index (χ0n) is 16.4. The van der Waals surface area contributed by atoms with E-state index < -0.39 is 0 Å². The molecular weight excluding hydrogens is 326 g/mol. The quantitative estimate of drug-likeness (QED) is 0.612. The van der Waals surface area contributed by atoms with Gasteiger partial charge in [-0.3, -0.25) is 4.99 Å². The zero-order valence-corrected chi connectivity index (χ0v) is 16.4. The first kappa shape index (κ1) is 19.6. The van der Waals surface area contributed by atoms with E-state index in [1.54, 1.807) is 21.3 Å². The average Bonchev–Trinajstić information content (AvgIpc) is 2.65. The lowest BCUT2D eigenvalue weighted by atomic mass is 10.1. The molecule has 2 aromatic rings. The molecule has 140 valence electrons. The van der Waals surface area contributed by atoms with Crippen LogP contribution in [0.5, 0.6) is 11.5 Å². The van der Waals surface area contributed by atoms with Gasteiger partial charge in [0.25, 0.3) is 0 Å². The second-order valence-corrected chi connectivity index (χ2v) is 6.21. The molecule has 0 saturated heterocycles. The van der Waals surface area contributed by atoms with Crippen molar-refractivity contribution in [3.63, 3.8) is 0 Å². The number of guanidine groups is 1. The number of rotatable bonds is 7. The summed E-state index contributed by atoms with van der Waals surface area (Å²) in [6, 6.07) is 14.3. The predicted octanol–water partition coefficient (Wildman–Crippen LogP) is 3.26. The van der Waals surface area contributed by atoms with Crippen LogP contribution in [0.4, 0.5) is 0 Å². The van der Waals surface area contributed by atoms with Gasteiger partial charge in [0, 0.05) is 32.7 Å². The van der Waals surface area contributed by atoms with E-state index in [0.29, 0.717) is 0 Å². The van der Waals surface area contributed by atoms with E-state index in [-0.39, 0.29) is 0 Å². The highest BCUT2D eigenvalue weighted by Crippen LogP contribution is 2.20. The summed E-state index contributed by atoms with van der Waals surface area (Å²) >= 11 is 0. The Hall–Kier alpha value is -2.69. The van der Waals surface area contributed by atoms with Gasteiger partial charge in [0.05, 0.1) is 14.2 Å². The molecule has 0 atom stereocenters. The number of aliphatic imine (C=N–C) groups is 1. The number of para-hydroxylation sites is 1. The number of hydrogen-bond acceptors (Lipinski definition) is 3. The monoisotopic (exact) mass is 355 g/mol. The van der Waals surface area contributed by atoms with E-state index in [9.17, 15) is 0 Å². The fourth-order valence-electron chi connectivity index (χ4n) is 2.96. The number of ether oxygens (including phenoxy) is 2. The first-order valence-corrected chi connectivity index (χ1v) is 8.76. The van der Waals surface area contributed by atoms with Crippen molar-refractivity contribution in [2.75, 3.05) is 34.9 Å². The summed E-state index contributed by atoms with van der Waals surface area (Å²) < 4.78 is 10.9. The van der Waals surface area contributed by atoms with Gasteiger partial charge in [-0.2, -0.15) is 0 Å². The largest absolute Gasteiger partial charge is 0.496 e. The van der Waals surface area contributed by atoms with Gasteiger partial charge in [-0.05, 0) is 31.0 Å². The van der Waals surface area contributed by atoms with Crippen LogP contribution in [0.1, 0.15) is 16.7 Å². The van der Waals surface area contributed by atoms with E-state index in [2.05, 4.69) is 40.3 Å². The minimum atomic E-state index is 0.720. The summed E-state index contributed by atoms with van der Waals surface area (Å²) in [6.45, 7) is 3.59. The van der Waals surface area contributed by atoms with E-state index in [1.807, 2.05) is 31.3 Å². The van der Waals surface area contributed by atoms with Gasteiger partial charge in [0.1, 0.15) is 11.5 Å². The molecule has 0 heterocycles. The SMILES string of the molecule is CN=C(NCCc1cc(C)ccc1OC)N(C)Cc1ccccc1OC. The van der Waals surface area contributed by atoms with Crippen LogP contribution in [0.15, 0.2) is 47.5 Å². The van der Waals surface area contributed by atoms with Crippen LogP contribution < -0.4 is 14.8 Å². The summed E-state index contributed by atoms with van der Waals surface area (Å²) in [5.74, 6) is 2.66. The van der Waals surface area contributed by atoms with Gasteiger partial charge < -0.3 is 19.7 Å². The Bertz CT molecular complexity index is 744. The minimum Gasteiger partial charge on any atom is -0.496 e. The highest BCUT2D eigenvalue weighted by atomic mass is 16.5. The molecule has 0 aliphatic rings. The highest BCUT2D eigenvalue weighted by molar-refractivity contribution is 5.79. The van der Waals surface area contributed by atoms with Crippen LogP contribution in [0, 0.1) is 6.92 Å². The number of methoxy groups -OCH3 is 2. The number of nitrogens with one attached hydrogen (secondary N) is 1. The van der Waals surface area contributed by atoms with E-state index in [0.717, 1.165) is 42.5 Å². The normalized spacial score (nSPS) is 11.2. The summed E-state index contributed by atoms with van der Waals surface area (Å²) in [5.41, 5.74) is 3.56. The Morgan fingerprint density at radius 2 is 1.73 bits per heavy atom. The van der Waals surface area contributed by atoms with Crippen LogP contribution in [0.25, 0.3) is 0 Å². The van der Waals surface area contributed by atoms with Crippen LogP contribution in [0.3, 0.4) is 0 Å². The molecule has 5 nitrogen and oxygen atoms in total. The Kier molecular flexibility index (Phi) is 7.33. The van der Waals surface area contributed by atoms with Crippen molar-refractivity contribution in [3.8, 4) is 11.5 Å². The van der Waals surface area contributed by atoms with Gasteiger partial charge in [-0.1, -0.05) is 35.9 Å². The lowest BCUT2D eigenvalue weighted by molar-refractivity contribution is 0.396. The third-order valence-electron chi connectivity index (χ3n) is 4.29. The molecule has 0 spiro atoms. The first-order chi connectivity index (χ1) is 12.6. The van der Waals surface area contributed by atoms with Gasteiger partial charge in [-0.15, -0.1) is 0 Å². The maximum absolute atomic E-state index is 5.45. The fourth-order valence-corrected chi connectivity index (χ4v) is 2.96. The third-order valence-corrected chi connectivity index (χ3v) is 4.29. The Labute approximate surface area is 156 Å². The molecule has 0 fully saturated rings. The standard InChI is InChI=1S/C21H29N3O2/c1-16-10-11-20(26-5)17(14-16)12-13-23-21(22-2)24(3)15-18-8-6-7-9-19(18)25-4/h6-11,14H,12-13,15H2,1-5H3,(H,22,23). The molecule has 0 bridgehead atoms. The molecule has 0 radical (unpaired) electrons. The minimum absolute atomic E-state index is 0.720. The molecule has 0 unspecified atom stereocenters. The summed E-state index contributed by atoms with van der Waals surface area (Å²) in [7, 11) is 7.23. The van der Waals surface area contributed by atoms with E-state index in [4.69, 9.17) is 9.47 Å². The van der Waals surface area contributed by atoms with Crippen molar-refractivity contribution in [1.82, 2.24) is 10.2 Å². The van der Waals surface area contributed by atoms with Crippen molar-refractivity contribution in [2.45, 2.75) is 19.9 Å². The van der Waals surface area contributed by atoms with E-state index in [1.165, 1.54) is 11.1 Å². The molecule has 0 aromatic heterocycles. The van der Waals surface area contributed by atoms with Crippen LogP contribution in [-0.4, -0.2) is 45.7 Å². The topological polar surface area (TPSA) is 46.1 Å². The number of aryl methyl sites for hydroxylation is 1. The highest BCUT2D eigenvalue weighted by Gasteiger charge is 2.10. The van der Waals surface area contributed by atoms with Crippen molar-refractivity contribution in [2.24, 2.45) is 4.99 Å². The molecule has 1 N–H and O–H groups in total. The molecule has 0 aliphatic heterocycles. The Morgan fingerprint density at radius 1 is 1.04 bits per heavy atom. The molecule has 2 aromatic carbocycles. The molecule has 0 aliphatic carbocycles. The van der Waals surface area contributed by atoms with E-state index >= 15 is 0 Å². The molecular formula is C21H29N3O2. The number of hydrogen-bond donors (Lipinski definition) is 1. The van der Waals surface area contributed by atoms with Crippen molar-refractivity contribution < 1.29 is 9.47 Å². The lowest BCUT2D eigenvalue weighted by Crippen LogP contribution is -2.39. The van der Waals surface area contributed by atoms with Crippen molar-refractivity contribution >= 4 is 5.96 Å². The Morgan fingerprint density at radius 3 is 2.42 bits per heavy atom. The van der Waals surface area contributed by atoms with Gasteiger partial charge >= 0.3 is 0 Å². The fraction of sp³-hybridized carbons (Fsp3) is 0.381. The third kappa shape index (κ3) is 5.15. The molecule has 26 heavy (non-hydrogen) atoms. The summed E-state index contributed by atoms with van der Waals surface area (Å²) in [6.07, 6.45) is 0.867. The van der Waals surface area contributed by atoms with Gasteiger partial charge in [-0.25, -0.2) is 0 Å². The van der Waals surface area contributed by atoms with Crippen LogP contribution >= 0.6 is 0 Å². The number of benzene rings is 2. The number of nitrogens with zero attached hydrogens (tertiary/aromatic N) is 2. The van der Waals surface area contributed by atoms with Crippen molar-refractivity contribution in [3.05, 3.63) is 59.2 Å². The summed E-state index contributed by atoms with van der Waals surface area (Å²) in [5, 5.41) is 3.43. The smallest absolute Gasteiger partial charge is 0.193 e. The molecule has 0 amide bonds. The molecule has 2 rings (SSSR count).